The van der Waals surface area contributed by atoms with E-state index in [1.807, 2.05) is 12.1 Å². The monoisotopic (exact) mass is 294 g/mol. The Morgan fingerprint density at radius 3 is 2.50 bits per heavy atom. The van der Waals surface area contributed by atoms with E-state index in [1.165, 1.54) is 44.5 Å². The molecule has 1 saturated heterocycles. The highest BCUT2D eigenvalue weighted by Crippen LogP contribution is 2.21. The first-order valence-corrected chi connectivity index (χ1v) is 8.27. The lowest BCUT2D eigenvalue weighted by atomic mass is 9.90. The highest BCUT2D eigenvalue weighted by atomic mass is 35.5. The molecule has 0 radical (unpaired) electrons. The maximum absolute atomic E-state index is 5.91. The highest BCUT2D eigenvalue weighted by Gasteiger charge is 2.22. The molecule has 1 atom stereocenters. The molecule has 0 aliphatic carbocycles. The summed E-state index contributed by atoms with van der Waals surface area (Å²) in [6.45, 7) is 9.34. The number of nitrogens with one attached hydrogen (secondary N) is 1. The van der Waals surface area contributed by atoms with Crippen LogP contribution in [0.4, 0.5) is 0 Å². The van der Waals surface area contributed by atoms with Crippen LogP contribution in [0.5, 0.6) is 0 Å². The second-order valence-corrected chi connectivity index (χ2v) is 6.41. The van der Waals surface area contributed by atoms with Gasteiger partial charge in [0.15, 0.2) is 0 Å². The summed E-state index contributed by atoms with van der Waals surface area (Å²) in [4.78, 5) is 2.60. The lowest BCUT2D eigenvalue weighted by molar-refractivity contribution is 0.162. The van der Waals surface area contributed by atoms with Gasteiger partial charge in [-0.1, -0.05) is 30.7 Å². The first-order chi connectivity index (χ1) is 9.69. The summed E-state index contributed by atoms with van der Waals surface area (Å²) in [5.74, 6) is 0.815. The Balaban J connectivity index is 1.72. The molecule has 1 aliphatic heterocycles. The molecule has 112 valence electrons. The van der Waals surface area contributed by atoms with Gasteiger partial charge in [0.05, 0.1) is 0 Å². The number of hydrogen-bond acceptors (Lipinski definition) is 2. The van der Waals surface area contributed by atoms with Crippen LogP contribution in [0.3, 0.4) is 0 Å². The molecule has 1 aromatic carbocycles. The Bertz CT molecular complexity index is 382. The van der Waals surface area contributed by atoms with Crippen molar-refractivity contribution >= 4 is 11.6 Å². The van der Waals surface area contributed by atoms with Crippen molar-refractivity contribution in [1.29, 1.82) is 0 Å². The molecule has 2 rings (SSSR count). The van der Waals surface area contributed by atoms with Gasteiger partial charge in [0.2, 0.25) is 0 Å². The van der Waals surface area contributed by atoms with Crippen molar-refractivity contribution in [3.05, 3.63) is 34.9 Å². The van der Waals surface area contributed by atoms with Gasteiger partial charge in [-0.3, -0.25) is 0 Å². The molecule has 0 bridgehead atoms. The zero-order chi connectivity index (χ0) is 14.4. The number of halogens is 1. The van der Waals surface area contributed by atoms with Gasteiger partial charge < -0.3 is 10.2 Å². The Hall–Kier alpha value is -0.570. The highest BCUT2D eigenvalue weighted by molar-refractivity contribution is 6.30. The van der Waals surface area contributed by atoms with Crippen molar-refractivity contribution in [2.45, 2.75) is 45.7 Å². The van der Waals surface area contributed by atoms with Crippen molar-refractivity contribution in [3.8, 4) is 0 Å². The third-order valence-electron chi connectivity index (χ3n) is 4.42. The summed E-state index contributed by atoms with van der Waals surface area (Å²) in [5, 5.41) is 4.48. The zero-order valence-electron chi connectivity index (χ0n) is 12.7. The first kappa shape index (κ1) is 15.8. The molecular weight excluding hydrogens is 268 g/mol. The molecule has 1 heterocycles. The van der Waals surface area contributed by atoms with E-state index in [2.05, 4.69) is 36.2 Å². The van der Waals surface area contributed by atoms with E-state index in [9.17, 15) is 0 Å². The van der Waals surface area contributed by atoms with Gasteiger partial charge in [0.1, 0.15) is 0 Å². The minimum atomic E-state index is 0.592. The molecule has 0 amide bonds. The normalized spacial score (nSPS) is 19.1. The second kappa shape index (κ2) is 8.02. The third-order valence-corrected chi connectivity index (χ3v) is 4.67. The van der Waals surface area contributed by atoms with Crippen molar-refractivity contribution < 1.29 is 0 Å². The van der Waals surface area contributed by atoms with Crippen LogP contribution in [-0.2, 0) is 6.54 Å². The van der Waals surface area contributed by atoms with Crippen LogP contribution in [0.15, 0.2) is 24.3 Å². The molecule has 0 aromatic heterocycles. The van der Waals surface area contributed by atoms with E-state index in [-0.39, 0.29) is 0 Å². The standard InChI is InChI=1S/C17H27ClN2/c1-3-10-20-11-8-16(9-12-20)14(2)19-13-15-4-6-17(18)7-5-15/h4-7,14,16,19H,3,8-13H2,1-2H3. The summed E-state index contributed by atoms with van der Waals surface area (Å²) >= 11 is 5.91. The average Bonchev–Trinajstić information content (AvgIpc) is 2.47. The molecule has 3 heteroatoms. The van der Waals surface area contributed by atoms with E-state index in [1.54, 1.807) is 0 Å². The Morgan fingerprint density at radius 2 is 1.90 bits per heavy atom. The number of rotatable bonds is 6. The first-order valence-electron chi connectivity index (χ1n) is 7.89. The number of benzene rings is 1. The quantitative estimate of drug-likeness (QED) is 0.855. The van der Waals surface area contributed by atoms with E-state index in [0.29, 0.717) is 6.04 Å². The SMILES string of the molecule is CCCN1CCC(C(C)NCc2ccc(Cl)cc2)CC1. The number of likely N-dealkylation sites (tertiary alicyclic amines) is 1. The van der Waals surface area contributed by atoms with Gasteiger partial charge in [-0.15, -0.1) is 0 Å². The Labute approximate surface area is 128 Å². The number of piperidine rings is 1. The van der Waals surface area contributed by atoms with E-state index in [4.69, 9.17) is 11.6 Å². The molecule has 1 unspecified atom stereocenters. The fraction of sp³-hybridized carbons (Fsp3) is 0.647. The summed E-state index contributed by atoms with van der Waals surface area (Å²) in [7, 11) is 0. The van der Waals surface area contributed by atoms with E-state index in [0.717, 1.165) is 17.5 Å². The Morgan fingerprint density at radius 1 is 1.25 bits per heavy atom. The summed E-state index contributed by atoms with van der Waals surface area (Å²) in [6.07, 6.45) is 3.93. The van der Waals surface area contributed by atoms with Gasteiger partial charge in [-0.25, -0.2) is 0 Å². The molecule has 0 saturated carbocycles. The van der Waals surface area contributed by atoms with Gasteiger partial charge in [0, 0.05) is 17.6 Å². The van der Waals surface area contributed by atoms with Gasteiger partial charge in [-0.05, 0) is 69.4 Å². The lowest BCUT2D eigenvalue weighted by Gasteiger charge is -2.35. The lowest BCUT2D eigenvalue weighted by Crippen LogP contribution is -2.41. The predicted molar refractivity (Wildman–Crippen MR) is 87.2 cm³/mol. The molecule has 1 fully saturated rings. The minimum absolute atomic E-state index is 0.592. The van der Waals surface area contributed by atoms with Crippen LogP contribution in [0.25, 0.3) is 0 Å². The summed E-state index contributed by atoms with van der Waals surface area (Å²) in [6, 6.07) is 8.73. The molecule has 2 nitrogen and oxygen atoms in total. The molecule has 1 aliphatic rings. The van der Waals surface area contributed by atoms with Crippen LogP contribution in [0.2, 0.25) is 5.02 Å². The molecule has 1 aromatic rings. The average molecular weight is 295 g/mol. The second-order valence-electron chi connectivity index (χ2n) is 5.98. The fourth-order valence-corrected chi connectivity index (χ4v) is 3.17. The number of nitrogens with zero attached hydrogens (tertiary/aromatic N) is 1. The number of hydrogen-bond donors (Lipinski definition) is 1. The van der Waals surface area contributed by atoms with Crippen LogP contribution in [0.1, 0.15) is 38.7 Å². The van der Waals surface area contributed by atoms with Crippen molar-refractivity contribution in [1.82, 2.24) is 10.2 Å². The Kier molecular flexibility index (Phi) is 6.34. The van der Waals surface area contributed by atoms with Crippen LogP contribution in [0, 0.1) is 5.92 Å². The van der Waals surface area contributed by atoms with Crippen LogP contribution < -0.4 is 5.32 Å². The maximum Gasteiger partial charge on any atom is 0.0406 e. The van der Waals surface area contributed by atoms with Crippen LogP contribution >= 0.6 is 11.6 Å². The van der Waals surface area contributed by atoms with Crippen molar-refractivity contribution in [2.24, 2.45) is 5.92 Å². The van der Waals surface area contributed by atoms with Gasteiger partial charge >= 0.3 is 0 Å². The summed E-state index contributed by atoms with van der Waals surface area (Å²) < 4.78 is 0. The largest absolute Gasteiger partial charge is 0.310 e. The minimum Gasteiger partial charge on any atom is -0.310 e. The zero-order valence-corrected chi connectivity index (χ0v) is 13.5. The van der Waals surface area contributed by atoms with E-state index >= 15 is 0 Å². The maximum atomic E-state index is 5.91. The third kappa shape index (κ3) is 4.76. The summed E-state index contributed by atoms with van der Waals surface area (Å²) in [5.41, 5.74) is 1.31. The molecular formula is C17H27ClN2. The predicted octanol–water partition coefficient (Wildman–Crippen LogP) is 3.94. The molecule has 20 heavy (non-hydrogen) atoms. The van der Waals surface area contributed by atoms with E-state index < -0.39 is 0 Å². The van der Waals surface area contributed by atoms with Gasteiger partial charge in [-0.2, -0.15) is 0 Å². The van der Waals surface area contributed by atoms with Crippen molar-refractivity contribution in [2.75, 3.05) is 19.6 Å². The van der Waals surface area contributed by atoms with Gasteiger partial charge in [0.25, 0.3) is 0 Å². The smallest absolute Gasteiger partial charge is 0.0406 e. The molecule has 1 N–H and O–H groups in total. The van der Waals surface area contributed by atoms with Crippen molar-refractivity contribution in [3.63, 3.8) is 0 Å². The fourth-order valence-electron chi connectivity index (χ4n) is 3.04. The molecule has 0 spiro atoms. The van der Waals surface area contributed by atoms with Crippen LogP contribution in [-0.4, -0.2) is 30.6 Å². The topological polar surface area (TPSA) is 15.3 Å².